The van der Waals surface area contributed by atoms with Crippen LogP contribution in [-0.2, 0) is 16.4 Å². The highest BCUT2D eigenvalue weighted by atomic mass is 32.2. The quantitative estimate of drug-likeness (QED) is 0.733. The molecule has 0 unspecified atom stereocenters. The number of nitrogens with one attached hydrogen (secondary N) is 1. The topological polar surface area (TPSA) is 75.7 Å². The fourth-order valence-electron chi connectivity index (χ4n) is 3.44. The number of amides is 1. The summed E-state index contributed by atoms with van der Waals surface area (Å²) in [6.07, 6.45) is 2.27. The maximum atomic E-state index is 12.6. The molecule has 0 radical (unpaired) electrons. The largest absolute Gasteiger partial charge is 0.491 e. The van der Waals surface area contributed by atoms with Crippen molar-refractivity contribution in [2.24, 2.45) is 0 Å². The summed E-state index contributed by atoms with van der Waals surface area (Å²) in [6.45, 7) is 6.22. The molecular weight excluding hydrogens is 388 g/mol. The van der Waals surface area contributed by atoms with Crippen molar-refractivity contribution in [2.45, 2.75) is 46.1 Å². The molecule has 0 fully saturated rings. The summed E-state index contributed by atoms with van der Waals surface area (Å²) in [7, 11) is -3.35. The minimum Gasteiger partial charge on any atom is -0.491 e. The van der Waals surface area contributed by atoms with Crippen LogP contribution in [0.1, 0.15) is 49.5 Å². The molecule has 29 heavy (non-hydrogen) atoms. The van der Waals surface area contributed by atoms with Crippen LogP contribution in [0.15, 0.2) is 42.5 Å². The summed E-state index contributed by atoms with van der Waals surface area (Å²) < 4.78 is 32.4. The number of benzene rings is 2. The molecule has 1 aliphatic heterocycles. The first kappa shape index (κ1) is 21.2. The molecule has 0 saturated heterocycles. The van der Waals surface area contributed by atoms with Crippen LogP contribution >= 0.6 is 0 Å². The second-order valence-electron chi connectivity index (χ2n) is 7.48. The number of sulfonamides is 1. The first-order chi connectivity index (χ1) is 13.8. The number of fused-ring (bicyclic) bond motifs is 1. The number of carbonyl (C=O) groups excluding carboxylic acids is 1. The van der Waals surface area contributed by atoms with Crippen LogP contribution in [0.3, 0.4) is 0 Å². The fraction of sp³-hybridized carbons (Fsp3) is 0.409. The molecule has 2 aromatic rings. The zero-order valence-corrected chi connectivity index (χ0v) is 18.0. The van der Waals surface area contributed by atoms with Gasteiger partial charge < -0.3 is 10.1 Å². The third-order valence-corrected chi connectivity index (χ3v) is 6.68. The number of aryl methyl sites for hydroxylation is 1. The summed E-state index contributed by atoms with van der Waals surface area (Å²) in [6, 6.07) is 12.4. The SMILES string of the molecule is CCCS(=O)(=O)N1CCCc2ccc(NC(=O)c3ccc(OC(C)C)cc3)cc21. The smallest absolute Gasteiger partial charge is 0.255 e. The molecule has 2 aromatic carbocycles. The molecule has 0 aromatic heterocycles. The van der Waals surface area contributed by atoms with E-state index in [4.69, 9.17) is 4.74 Å². The highest BCUT2D eigenvalue weighted by Gasteiger charge is 2.27. The van der Waals surface area contributed by atoms with E-state index >= 15 is 0 Å². The van der Waals surface area contributed by atoms with E-state index in [2.05, 4.69) is 5.32 Å². The van der Waals surface area contributed by atoms with Gasteiger partial charge in [0.2, 0.25) is 10.0 Å². The van der Waals surface area contributed by atoms with Crippen molar-refractivity contribution in [1.29, 1.82) is 0 Å². The van der Waals surface area contributed by atoms with Gasteiger partial charge in [0.05, 0.1) is 17.5 Å². The second kappa shape index (κ2) is 8.86. The van der Waals surface area contributed by atoms with E-state index < -0.39 is 10.0 Å². The van der Waals surface area contributed by atoms with Gasteiger partial charge in [-0.05, 0) is 75.1 Å². The minimum atomic E-state index is -3.35. The van der Waals surface area contributed by atoms with Gasteiger partial charge in [0.15, 0.2) is 0 Å². The van der Waals surface area contributed by atoms with Crippen LogP contribution in [0, 0.1) is 0 Å². The maximum Gasteiger partial charge on any atom is 0.255 e. The monoisotopic (exact) mass is 416 g/mol. The maximum absolute atomic E-state index is 12.6. The zero-order chi connectivity index (χ0) is 21.0. The van der Waals surface area contributed by atoms with Gasteiger partial charge in [-0.2, -0.15) is 0 Å². The molecule has 1 heterocycles. The average molecular weight is 417 g/mol. The molecule has 156 valence electrons. The van der Waals surface area contributed by atoms with Crippen molar-refractivity contribution in [1.82, 2.24) is 0 Å². The van der Waals surface area contributed by atoms with Gasteiger partial charge in [-0.25, -0.2) is 8.42 Å². The molecule has 1 N–H and O–H groups in total. The van der Waals surface area contributed by atoms with Gasteiger partial charge in [0.25, 0.3) is 5.91 Å². The number of ether oxygens (including phenoxy) is 1. The Morgan fingerprint density at radius 3 is 2.55 bits per heavy atom. The lowest BCUT2D eigenvalue weighted by Crippen LogP contribution is -2.37. The van der Waals surface area contributed by atoms with E-state index in [1.54, 1.807) is 30.3 Å². The average Bonchev–Trinajstić information content (AvgIpc) is 2.67. The van der Waals surface area contributed by atoms with Crippen molar-refractivity contribution < 1.29 is 17.9 Å². The van der Waals surface area contributed by atoms with Gasteiger partial charge in [-0.15, -0.1) is 0 Å². The first-order valence-electron chi connectivity index (χ1n) is 10.0. The Morgan fingerprint density at radius 1 is 1.17 bits per heavy atom. The highest BCUT2D eigenvalue weighted by Crippen LogP contribution is 2.32. The number of carbonyl (C=O) groups is 1. The molecule has 3 rings (SSSR count). The second-order valence-corrected chi connectivity index (χ2v) is 9.49. The molecule has 0 spiro atoms. The standard InChI is InChI=1S/C22H28N2O4S/c1-4-14-29(26,27)24-13-5-6-17-7-10-19(15-21(17)24)23-22(25)18-8-11-20(12-9-18)28-16(2)3/h7-12,15-16H,4-6,13-14H2,1-3H3,(H,23,25). The summed E-state index contributed by atoms with van der Waals surface area (Å²) in [4.78, 5) is 12.6. The van der Waals surface area contributed by atoms with Crippen LogP contribution in [-0.4, -0.2) is 32.7 Å². The highest BCUT2D eigenvalue weighted by molar-refractivity contribution is 7.92. The Balaban J connectivity index is 1.79. The summed E-state index contributed by atoms with van der Waals surface area (Å²) in [5, 5.41) is 2.87. The zero-order valence-electron chi connectivity index (χ0n) is 17.1. The molecule has 7 heteroatoms. The number of nitrogens with zero attached hydrogens (tertiary/aromatic N) is 1. The number of anilines is 2. The Kier molecular flexibility index (Phi) is 6.47. The number of hydrogen-bond acceptors (Lipinski definition) is 4. The van der Waals surface area contributed by atoms with Crippen molar-refractivity contribution in [3.63, 3.8) is 0 Å². The molecule has 1 amide bonds. The molecule has 0 saturated carbocycles. The Morgan fingerprint density at radius 2 is 1.90 bits per heavy atom. The number of rotatable bonds is 7. The minimum absolute atomic E-state index is 0.0668. The lowest BCUT2D eigenvalue weighted by atomic mass is 10.0. The van der Waals surface area contributed by atoms with Gasteiger partial charge in [-0.1, -0.05) is 13.0 Å². The van der Waals surface area contributed by atoms with Crippen LogP contribution in [0.2, 0.25) is 0 Å². The summed E-state index contributed by atoms with van der Waals surface area (Å²) >= 11 is 0. The van der Waals surface area contributed by atoms with Crippen molar-refractivity contribution in [3.8, 4) is 5.75 Å². The molecule has 0 atom stereocenters. The summed E-state index contributed by atoms with van der Waals surface area (Å²) in [5.74, 6) is 0.579. The van der Waals surface area contributed by atoms with Gasteiger partial charge in [0, 0.05) is 17.8 Å². The van der Waals surface area contributed by atoms with Crippen LogP contribution in [0.25, 0.3) is 0 Å². The first-order valence-corrected chi connectivity index (χ1v) is 11.6. The Hall–Kier alpha value is -2.54. The molecule has 6 nitrogen and oxygen atoms in total. The Bertz CT molecular complexity index is 969. The van der Waals surface area contributed by atoms with Gasteiger partial charge >= 0.3 is 0 Å². The van der Waals surface area contributed by atoms with E-state index in [9.17, 15) is 13.2 Å². The molecule has 0 bridgehead atoms. The fourth-order valence-corrected chi connectivity index (χ4v) is 5.05. The normalized spacial score (nSPS) is 13.9. The molecule has 1 aliphatic rings. The van der Waals surface area contributed by atoms with E-state index in [1.807, 2.05) is 32.9 Å². The van der Waals surface area contributed by atoms with Crippen LogP contribution in [0.5, 0.6) is 5.75 Å². The third kappa shape index (κ3) is 5.09. The van der Waals surface area contributed by atoms with Gasteiger partial charge in [-0.3, -0.25) is 9.10 Å². The van der Waals surface area contributed by atoms with Crippen molar-refractivity contribution in [2.75, 3.05) is 21.9 Å². The van der Waals surface area contributed by atoms with Crippen molar-refractivity contribution >= 4 is 27.3 Å². The summed E-state index contributed by atoms with van der Waals surface area (Å²) in [5.41, 5.74) is 2.75. The van der Waals surface area contributed by atoms with E-state index in [-0.39, 0.29) is 17.8 Å². The number of hydrogen-bond donors (Lipinski definition) is 1. The lowest BCUT2D eigenvalue weighted by molar-refractivity contribution is 0.102. The molecule has 0 aliphatic carbocycles. The Labute approximate surface area is 172 Å². The molecular formula is C22H28N2O4S. The van der Waals surface area contributed by atoms with Crippen molar-refractivity contribution in [3.05, 3.63) is 53.6 Å². The van der Waals surface area contributed by atoms with E-state index in [0.717, 1.165) is 18.4 Å². The van der Waals surface area contributed by atoms with E-state index in [1.165, 1.54) is 4.31 Å². The third-order valence-electron chi connectivity index (χ3n) is 4.71. The van der Waals surface area contributed by atoms with Gasteiger partial charge in [0.1, 0.15) is 5.75 Å². The predicted octanol–water partition coefficient (Wildman–Crippen LogP) is 4.22. The van der Waals surface area contributed by atoms with Crippen LogP contribution < -0.4 is 14.4 Å². The van der Waals surface area contributed by atoms with Crippen LogP contribution in [0.4, 0.5) is 11.4 Å². The lowest BCUT2D eigenvalue weighted by Gasteiger charge is -2.31. The predicted molar refractivity (Wildman–Crippen MR) is 116 cm³/mol. The van der Waals surface area contributed by atoms with E-state index in [0.29, 0.717) is 35.7 Å².